The van der Waals surface area contributed by atoms with Crippen molar-refractivity contribution in [2.75, 3.05) is 46.3 Å². The van der Waals surface area contributed by atoms with Crippen LogP contribution in [0.1, 0.15) is 6.42 Å². The number of carbonyl (C=O) groups is 1. The molecular formula is C9H20N4O. The summed E-state index contributed by atoms with van der Waals surface area (Å²) in [5, 5.41) is 2.78. The number of nitrogens with two attached hydrogens (primary N) is 1. The topological polar surface area (TPSA) is 61.6 Å². The van der Waals surface area contributed by atoms with Crippen molar-refractivity contribution in [3.05, 3.63) is 0 Å². The predicted octanol–water partition coefficient (Wildman–Crippen LogP) is -0.708. The second-order valence-corrected chi connectivity index (χ2v) is 3.66. The smallest absolute Gasteiger partial charge is 0.317 e. The van der Waals surface area contributed by atoms with Crippen molar-refractivity contribution in [2.24, 2.45) is 5.73 Å². The normalized spacial score (nSPS) is 16.5. The van der Waals surface area contributed by atoms with E-state index in [0.29, 0.717) is 0 Å². The van der Waals surface area contributed by atoms with Gasteiger partial charge in [0.05, 0.1) is 0 Å². The van der Waals surface area contributed by atoms with Gasteiger partial charge in [0, 0.05) is 26.2 Å². The molecule has 0 aromatic heterocycles. The minimum atomic E-state index is 0.0669. The summed E-state index contributed by atoms with van der Waals surface area (Å²) in [6, 6.07) is 0.0669. The molecule has 0 atom stereocenters. The Kier molecular flexibility index (Phi) is 4.69. The summed E-state index contributed by atoms with van der Waals surface area (Å²) in [5.41, 5.74) is 5.42. The fourth-order valence-corrected chi connectivity index (χ4v) is 1.49. The van der Waals surface area contributed by atoms with Gasteiger partial charge in [-0.3, -0.25) is 0 Å². The lowest BCUT2D eigenvalue weighted by Gasteiger charge is -2.20. The highest BCUT2D eigenvalue weighted by atomic mass is 16.2. The third-order valence-corrected chi connectivity index (χ3v) is 2.44. The Bertz CT molecular complexity index is 186. The first-order chi connectivity index (χ1) is 6.74. The van der Waals surface area contributed by atoms with Crippen molar-refractivity contribution in [3.8, 4) is 0 Å². The van der Waals surface area contributed by atoms with Gasteiger partial charge in [-0.2, -0.15) is 0 Å². The summed E-state index contributed by atoms with van der Waals surface area (Å²) in [6.45, 7) is 5.09. The summed E-state index contributed by atoms with van der Waals surface area (Å²) >= 11 is 0. The zero-order chi connectivity index (χ0) is 10.4. The maximum absolute atomic E-state index is 11.2. The number of nitrogens with one attached hydrogen (secondary N) is 1. The maximum Gasteiger partial charge on any atom is 0.317 e. The van der Waals surface area contributed by atoms with E-state index in [9.17, 15) is 4.79 Å². The molecule has 3 N–H and O–H groups in total. The molecule has 0 aromatic rings. The first-order valence-electron chi connectivity index (χ1n) is 5.15. The van der Waals surface area contributed by atoms with Crippen LogP contribution in [0, 0.1) is 0 Å². The molecule has 0 aromatic carbocycles. The van der Waals surface area contributed by atoms with Crippen molar-refractivity contribution in [3.63, 3.8) is 0 Å². The van der Waals surface area contributed by atoms with Crippen LogP contribution in [0.25, 0.3) is 0 Å². The fourth-order valence-electron chi connectivity index (χ4n) is 1.49. The van der Waals surface area contributed by atoms with Crippen molar-refractivity contribution < 1.29 is 4.79 Å². The van der Waals surface area contributed by atoms with E-state index in [2.05, 4.69) is 17.3 Å². The van der Waals surface area contributed by atoms with E-state index in [1.165, 1.54) is 0 Å². The van der Waals surface area contributed by atoms with Crippen LogP contribution in [0.2, 0.25) is 0 Å². The third-order valence-electron chi connectivity index (χ3n) is 2.44. The van der Waals surface area contributed by atoms with E-state index < -0.39 is 0 Å². The first-order valence-corrected chi connectivity index (χ1v) is 5.15. The van der Waals surface area contributed by atoms with Gasteiger partial charge in [0.1, 0.15) is 0 Å². The monoisotopic (exact) mass is 200 g/mol. The number of likely N-dealkylation sites (N-methyl/N-ethyl adjacent to an activating group) is 1. The molecule has 0 bridgehead atoms. The lowest BCUT2D eigenvalue weighted by atomic mass is 10.4. The second-order valence-electron chi connectivity index (χ2n) is 3.66. The zero-order valence-electron chi connectivity index (χ0n) is 8.83. The van der Waals surface area contributed by atoms with Crippen molar-refractivity contribution in [2.45, 2.75) is 6.42 Å². The number of amides is 2. The van der Waals surface area contributed by atoms with E-state index in [4.69, 9.17) is 5.73 Å². The highest BCUT2D eigenvalue weighted by Gasteiger charge is 2.18. The van der Waals surface area contributed by atoms with E-state index in [0.717, 1.165) is 45.7 Å². The summed E-state index contributed by atoms with van der Waals surface area (Å²) in [6.07, 6.45) is 1.02. The van der Waals surface area contributed by atoms with Crippen LogP contribution in [-0.4, -0.2) is 62.1 Å². The molecule has 1 rings (SSSR count). The van der Waals surface area contributed by atoms with Gasteiger partial charge >= 0.3 is 6.03 Å². The van der Waals surface area contributed by atoms with Gasteiger partial charge in [-0.25, -0.2) is 4.79 Å². The SMILES string of the molecule is CN(CCCN)CCN1CCNC1=O. The van der Waals surface area contributed by atoms with Gasteiger partial charge in [0.25, 0.3) is 0 Å². The van der Waals surface area contributed by atoms with Crippen molar-refractivity contribution in [1.82, 2.24) is 15.1 Å². The molecule has 82 valence electrons. The third kappa shape index (κ3) is 3.51. The molecular weight excluding hydrogens is 180 g/mol. The quantitative estimate of drug-likeness (QED) is 0.595. The molecule has 1 heterocycles. The molecule has 0 saturated carbocycles. The van der Waals surface area contributed by atoms with Gasteiger partial charge in [-0.15, -0.1) is 0 Å². The first kappa shape index (κ1) is 11.3. The molecule has 2 amide bonds. The molecule has 1 saturated heterocycles. The van der Waals surface area contributed by atoms with E-state index in [1.54, 1.807) is 0 Å². The number of rotatable bonds is 6. The average molecular weight is 200 g/mol. The summed E-state index contributed by atoms with van der Waals surface area (Å²) in [7, 11) is 2.06. The Morgan fingerprint density at radius 1 is 1.57 bits per heavy atom. The Morgan fingerprint density at radius 2 is 2.36 bits per heavy atom. The molecule has 0 aliphatic carbocycles. The van der Waals surface area contributed by atoms with Crippen molar-refractivity contribution >= 4 is 6.03 Å². The number of hydrogen-bond acceptors (Lipinski definition) is 3. The Hall–Kier alpha value is -0.810. The maximum atomic E-state index is 11.2. The minimum Gasteiger partial charge on any atom is -0.336 e. The zero-order valence-corrected chi connectivity index (χ0v) is 8.83. The van der Waals surface area contributed by atoms with Crippen LogP contribution in [0.15, 0.2) is 0 Å². The van der Waals surface area contributed by atoms with Gasteiger partial charge in [0.15, 0.2) is 0 Å². The molecule has 0 spiro atoms. The molecule has 1 aliphatic heterocycles. The summed E-state index contributed by atoms with van der Waals surface area (Å²) < 4.78 is 0. The number of carbonyl (C=O) groups excluding carboxylic acids is 1. The Balaban J connectivity index is 2.10. The molecule has 0 unspecified atom stereocenters. The number of nitrogens with zero attached hydrogens (tertiary/aromatic N) is 2. The van der Waals surface area contributed by atoms with Crippen LogP contribution in [0.5, 0.6) is 0 Å². The van der Waals surface area contributed by atoms with Crippen LogP contribution in [-0.2, 0) is 0 Å². The highest BCUT2D eigenvalue weighted by molar-refractivity contribution is 5.76. The van der Waals surface area contributed by atoms with Crippen LogP contribution >= 0.6 is 0 Å². The van der Waals surface area contributed by atoms with Crippen LogP contribution < -0.4 is 11.1 Å². The lowest BCUT2D eigenvalue weighted by Crippen LogP contribution is -2.36. The van der Waals surface area contributed by atoms with E-state index in [-0.39, 0.29) is 6.03 Å². The summed E-state index contributed by atoms with van der Waals surface area (Å²) in [5.74, 6) is 0. The highest BCUT2D eigenvalue weighted by Crippen LogP contribution is 1.96. The summed E-state index contributed by atoms with van der Waals surface area (Å²) in [4.78, 5) is 15.2. The van der Waals surface area contributed by atoms with Crippen LogP contribution in [0.4, 0.5) is 4.79 Å². The Morgan fingerprint density at radius 3 is 2.93 bits per heavy atom. The average Bonchev–Trinajstić information content (AvgIpc) is 2.58. The lowest BCUT2D eigenvalue weighted by molar-refractivity contribution is 0.208. The van der Waals surface area contributed by atoms with E-state index >= 15 is 0 Å². The molecule has 14 heavy (non-hydrogen) atoms. The van der Waals surface area contributed by atoms with Gasteiger partial charge in [0.2, 0.25) is 0 Å². The predicted molar refractivity (Wildman–Crippen MR) is 56.1 cm³/mol. The molecule has 0 radical (unpaired) electrons. The second kappa shape index (κ2) is 5.82. The largest absolute Gasteiger partial charge is 0.336 e. The number of hydrogen-bond donors (Lipinski definition) is 2. The molecule has 5 nitrogen and oxygen atoms in total. The fraction of sp³-hybridized carbons (Fsp3) is 0.889. The minimum absolute atomic E-state index is 0.0669. The van der Waals surface area contributed by atoms with E-state index in [1.807, 2.05) is 4.90 Å². The Labute approximate surface area is 85.2 Å². The molecule has 5 heteroatoms. The van der Waals surface area contributed by atoms with Gasteiger partial charge in [-0.1, -0.05) is 0 Å². The van der Waals surface area contributed by atoms with Crippen molar-refractivity contribution in [1.29, 1.82) is 0 Å². The van der Waals surface area contributed by atoms with Gasteiger partial charge < -0.3 is 20.9 Å². The molecule has 1 fully saturated rings. The standard InChI is InChI=1S/C9H20N4O/c1-12(5-2-3-10)7-8-13-6-4-11-9(13)14/h2-8,10H2,1H3,(H,11,14). The van der Waals surface area contributed by atoms with Crippen LogP contribution in [0.3, 0.4) is 0 Å². The molecule has 1 aliphatic rings. The van der Waals surface area contributed by atoms with Gasteiger partial charge in [-0.05, 0) is 26.6 Å². The number of urea groups is 1.